The number of nitro benzene ring substituents is 1. The molecule has 1 heterocycles. The minimum absolute atomic E-state index is 0.00415. The molecular formula is C19H15FN2O3S2. The lowest BCUT2D eigenvalue weighted by Crippen LogP contribution is -2.29. The van der Waals surface area contributed by atoms with Crippen LogP contribution in [0.1, 0.15) is 26.8 Å². The van der Waals surface area contributed by atoms with E-state index in [2.05, 4.69) is 5.32 Å². The van der Waals surface area contributed by atoms with E-state index in [0.29, 0.717) is 5.56 Å². The first-order valence-electron chi connectivity index (χ1n) is 7.91. The predicted molar refractivity (Wildman–Crippen MR) is 105 cm³/mol. The van der Waals surface area contributed by atoms with Crippen molar-refractivity contribution < 1.29 is 14.1 Å². The van der Waals surface area contributed by atoms with Crippen LogP contribution in [0.2, 0.25) is 0 Å². The van der Waals surface area contributed by atoms with Gasteiger partial charge in [0.15, 0.2) is 0 Å². The molecule has 0 saturated heterocycles. The molecule has 27 heavy (non-hydrogen) atoms. The van der Waals surface area contributed by atoms with Gasteiger partial charge in [-0.3, -0.25) is 14.9 Å². The number of carbonyl (C=O) groups is 1. The molecule has 1 amide bonds. The molecule has 5 nitrogen and oxygen atoms in total. The van der Waals surface area contributed by atoms with Gasteiger partial charge in [0.05, 0.1) is 11.0 Å². The summed E-state index contributed by atoms with van der Waals surface area (Å²) in [6, 6.07) is 13.4. The van der Waals surface area contributed by atoms with Crippen LogP contribution < -0.4 is 5.32 Å². The number of nitrogens with one attached hydrogen (secondary N) is 1. The zero-order chi connectivity index (χ0) is 19.4. The molecular weight excluding hydrogens is 387 g/mol. The number of rotatable bonds is 6. The molecule has 0 radical (unpaired) electrons. The summed E-state index contributed by atoms with van der Waals surface area (Å²) >= 11 is 2.83. The molecule has 2 aromatic carbocycles. The number of hydrogen-bond donors (Lipinski definition) is 1. The molecule has 1 unspecified atom stereocenters. The highest BCUT2D eigenvalue weighted by Gasteiger charge is 2.25. The van der Waals surface area contributed by atoms with Crippen LogP contribution in [0.25, 0.3) is 0 Å². The fraction of sp³-hybridized carbons (Fsp3) is 0.105. The largest absolute Gasteiger partial charge is 0.340 e. The van der Waals surface area contributed by atoms with E-state index in [9.17, 15) is 19.3 Å². The van der Waals surface area contributed by atoms with Gasteiger partial charge in [-0.1, -0.05) is 18.2 Å². The van der Waals surface area contributed by atoms with E-state index in [1.807, 2.05) is 23.8 Å². The average molecular weight is 402 g/mol. The van der Waals surface area contributed by atoms with Gasteiger partial charge < -0.3 is 5.32 Å². The minimum Gasteiger partial charge on any atom is -0.340 e. The summed E-state index contributed by atoms with van der Waals surface area (Å²) in [5.41, 5.74) is 0.431. The van der Waals surface area contributed by atoms with Gasteiger partial charge in [0.2, 0.25) is 0 Å². The Morgan fingerprint density at radius 3 is 2.56 bits per heavy atom. The summed E-state index contributed by atoms with van der Waals surface area (Å²) in [4.78, 5) is 25.2. The van der Waals surface area contributed by atoms with Gasteiger partial charge in [-0.2, -0.15) is 0 Å². The SMILES string of the molecule is CSc1ccc([N+](=O)[O-])c(C(=O)NC(c2ccc(F)cc2)c2cccs2)c1. The Morgan fingerprint density at radius 2 is 1.96 bits per heavy atom. The number of nitrogens with zero attached hydrogens (tertiary/aromatic N) is 1. The number of thioether (sulfide) groups is 1. The maximum absolute atomic E-state index is 13.3. The van der Waals surface area contributed by atoms with Crippen LogP contribution in [0, 0.1) is 15.9 Å². The summed E-state index contributed by atoms with van der Waals surface area (Å²) < 4.78 is 13.3. The van der Waals surface area contributed by atoms with E-state index < -0.39 is 16.9 Å². The summed E-state index contributed by atoms with van der Waals surface area (Å²) in [6.45, 7) is 0. The first-order chi connectivity index (χ1) is 13.0. The maximum Gasteiger partial charge on any atom is 0.282 e. The van der Waals surface area contributed by atoms with Crippen molar-refractivity contribution in [3.8, 4) is 0 Å². The first-order valence-corrected chi connectivity index (χ1v) is 10.0. The average Bonchev–Trinajstić information content (AvgIpc) is 3.20. The number of amides is 1. The van der Waals surface area contributed by atoms with Gasteiger partial charge in [-0.15, -0.1) is 23.1 Å². The monoisotopic (exact) mass is 402 g/mol. The molecule has 3 aromatic rings. The van der Waals surface area contributed by atoms with E-state index in [4.69, 9.17) is 0 Å². The van der Waals surface area contributed by atoms with Crippen molar-refractivity contribution in [2.75, 3.05) is 6.26 Å². The van der Waals surface area contributed by atoms with Gasteiger partial charge >= 0.3 is 0 Å². The molecule has 0 spiro atoms. The Labute approximate surface area is 163 Å². The highest BCUT2D eigenvalue weighted by molar-refractivity contribution is 7.98. The van der Waals surface area contributed by atoms with Gasteiger partial charge in [0, 0.05) is 15.8 Å². The van der Waals surface area contributed by atoms with Crippen molar-refractivity contribution in [1.82, 2.24) is 5.32 Å². The smallest absolute Gasteiger partial charge is 0.282 e. The number of benzene rings is 2. The second-order valence-electron chi connectivity index (χ2n) is 5.61. The van der Waals surface area contributed by atoms with E-state index >= 15 is 0 Å². The molecule has 1 N–H and O–H groups in total. The third-order valence-corrected chi connectivity index (χ3v) is 5.61. The lowest BCUT2D eigenvalue weighted by Gasteiger charge is -2.18. The molecule has 0 fully saturated rings. The normalized spacial score (nSPS) is 11.8. The molecule has 3 rings (SSSR count). The van der Waals surface area contributed by atoms with Crippen LogP contribution in [0.4, 0.5) is 10.1 Å². The van der Waals surface area contributed by atoms with Crippen LogP contribution in [0.15, 0.2) is 64.9 Å². The van der Waals surface area contributed by atoms with Crippen LogP contribution in [0.3, 0.4) is 0 Å². The summed E-state index contributed by atoms with van der Waals surface area (Å²) in [7, 11) is 0. The summed E-state index contributed by atoms with van der Waals surface area (Å²) in [5.74, 6) is -0.932. The highest BCUT2D eigenvalue weighted by Crippen LogP contribution is 2.29. The van der Waals surface area contributed by atoms with Gasteiger partial charge in [0.25, 0.3) is 11.6 Å². The zero-order valence-electron chi connectivity index (χ0n) is 14.2. The van der Waals surface area contributed by atoms with Gasteiger partial charge in [0.1, 0.15) is 11.4 Å². The lowest BCUT2D eigenvalue weighted by atomic mass is 10.0. The molecule has 0 bridgehead atoms. The Hall–Kier alpha value is -2.71. The predicted octanol–water partition coefficient (Wildman–Crippen LogP) is 5.04. The standard InChI is InChI=1S/C19H15FN2O3S2/c1-26-14-8-9-16(22(24)25)15(11-14)19(23)21-18(17-3-2-10-27-17)12-4-6-13(20)7-5-12/h2-11,18H,1H3,(H,21,23). The second-order valence-corrected chi connectivity index (χ2v) is 7.47. The number of halogens is 1. The Bertz CT molecular complexity index is 960. The van der Waals surface area contributed by atoms with Crippen molar-refractivity contribution in [3.05, 3.63) is 91.9 Å². The second kappa shape index (κ2) is 8.32. The van der Waals surface area contributed by atoms with E-state index in [1.54, 1.807) is 18.2 Å². The van der Waals surface area contributed by atoms with Crippen molar-refractivity contribution in [1.29, 1.82) is 0 Å². The maximum atomic E-state index is 13.3. The summed E-state index contributed by atoms with van der Waals surface area (Å²) in [6.07, 6.45) is 1.83. The Morgan fingerprint density at radius 1 is 1.22 bits per heavy atom. The molecule has 8 heteroatoms. The number of carbonyl (C=O) groups excluding carboxylic acids is 1. The van der Waals surface area contributed by atoms with E-state index in [1.165, 1.54) is 47.4 Å². The fourth-order valence-corrected chi connectivity index (χ4v) is 3.86. The van der Waals surface area contributed by atoms with Crippen LogP contribution >= 0.6 is 23.1 Å². The number of nitro groups is 1. The number of thiophene rings is 1. The van der Waals surface area contributed by atoms with Crippen molar-refractivity contribution >= 4 is 34.7 Å². The third kappa shape index (κ3) is 4.35. The molecule has 0 aliphatic heterocycles. The molecule has 0 aliphatic rings. The lowest BCUT2D eigenvalue weighted by molar-refractivity contribution is -0.385. The van der Waals surface area contributed by atoms with Crippen LogP contribution in [-0.2, 0) is 0 Å². The molecule has 138 valence electrons. The van der Waals surface area contributed by atoms with Crippen molar-refractivity contribution in [2.24, 2.45) is 0 Å². The first kappa shape index (κ1) is 19.1. The van der Waals surface area contributed by atoms with E-state index in [0.717, 1.165) is 9.77 Å². The molecule has 1 aromatic heterocycles. The number of hydrogen-bond acceptors (Lipinski definition) is 5. The Kier molecular flexibility index (Phi) is 5.88. The zero-order valence-corrected chi connectivity index (χ0v) is 15.9. The molecule has 1 atom stereocenters. The van der Waals surface area contributed by atoms with Gasteiger partial charge in [-0.05, 0) is 47.5 Å². The topological polar surface area (TPSA) is 72.2 Å². The van der Waals surface area contributed by atoms with Gasteiger partial charge in [-0.25, -0.2) is 4.39 Å². The van der Waals surface area contributed by atoms with Crippen LogP contribution in [0.5, 0.6) is 0 Å². The Balaban J connectivity index is 1.98. The minimum atomic E-state index is -0.572. The quantitative estimate of drug-likeness (QED) is 0.356. The summed E-state index contributed by atoms with van der Waals surface area (Å²) in [5, 5.41) is 16.1. The third-order valence-electron chi connectivity index (χ3n) is 3.95. The van der Waals surface area contributed by atoms with Crippen molar-refractivity contribution in [3.63, 3.8) is 0 Å². The van der Waals surface area contributed by atoms with Crippen molar-refractivity contribution in [2.45, 2.75) is 10.9 Å². The van der Waals surface area contributed by atoms with Crippen LogP contribution in [-0.4, -0.2) is 17.1 Å². The van der Waals surface area contributed by atoms with E-state index in [-0.39, 0.29) is 17.1 Å². The fourth-order valence-electron chi connectivity index (χ4n) is 2.62. The highest BCUT2D eigenvalue weighted by atomic mass is 32.2. The molecule has 0 saturated carbocycles. The molecule has 0 aliphatic carbocycles.